The van der Waals surface area contributed by atoms with E-state index >= 15 is 0 Å². The fraction of sp³-hybridized carbons (Fsp3) is 0.300. The van der Waals surface area contributed by atoms with Crippen molar-refractivity contribution in [2.75, 3.05) is 7.05 Å². The highest BCUT2D eigenvalue weighted by molar-refractivity contribution is 5.81. The highest BCUT2D eigenvalue weighted by Crippen LogP contribution is 2.18. The second kappa shape index (κ2) is 5.41. The molecule has 0 aliphatic rings. The molecule has 1 amide bonds. The summed E-state index contributed by atoms with van der Waals surface area (Å²) in [6, 6.07) is 5.08. The first-order valence-electron chi connectivity index (χ1n) is 4.56. The number of rotatable bonds is 5. The Morgan fingerprint density at radius 3 is 2.31 bits per heavy atom. The number of likely N-dealkylation sites (N-methyl/N-ethyl adjacent to an activating group) is 1. The van der Waals surface area contributed by atoms with E-state index in [-0.39, 0.29) is 5.75 Å². The van der Waals surface area contributed by atoms with Crippen molar-refractivity contribution in [1.82, 2.24) is 5.32 Å². The van der Waals surface area contributed by atoms with E-state index in [1.165, 1.54) is 24.3 Å². The molecule has 4 nitrogen and oxygen atoms in total. The van der Waals surface area contributed by atoms with Crippen LogP contribution < -0.4 is 15.8 Å². The number of primary amides is 1. The van der Waals surface area contributed by atoms with E-state index in [1.807, 2.05) is 0 Å². The van der Waals surface area contributed by atoms with E-state index in [2.05, 4.69) is 10.1 Å². The van der Waals surface area contributed by atoms with Crippen LogP contribution in [0.5, 0.6) is 5.75 Å². The summed E-state index contributed by atoms with van der Waals surface area (Å²) in [5, 5.41) is 2.71. The summed E-state index contributed by atoms with van der Waals surface area (Å²) in [7, 11) is 1.58. The third-order valence-electron chi connectivity index (χ3n) is 2.01. The van der Waals surface area contributed by atoms with Crippen LogP contribution in [0.1, 0.15) is 11.6 Å². The van der Waals surface area contributed by atoms with Gasteiger partial charge in [0.25, 0.3) is 0 Å². The highest BCUT2D eigenvalue weighted by atomic mass is 19.3. The first-order chi connectivity index (χ1) is 7.54. The zero-order chi connectivity index (χ0) is 12.1. The normalized spacial score (nSPS) is 12.5. The Hall–Kier alpha value is -1.69. The third-order valence-corrected chi connectivity index (χ3v) is 2.01. The molecule has 1 rings (SSSR count). The Kier molecular flexibility index (Phi) is 4.19. The second-order valence-electron chi connectivity index (χ2n) is 3.07. The summed E-state index contributed by atoms with van der Waals surface area (Å²) < 4.78 is 27.9. The van der Waals surface area contributed by atoms with Gasteiger partial charge in [-0.1, -0.05) is 12.1 Å². The quantitative estimate of drug-likeness (QED) is 0.794. The molecule has 0 aliphatic heterocycles. The molecule has 0 saturated carbocycles. The topological polar surface area (TPSA) is 64.3 Å². The molecule has 0 saturated heterocycles. The lowest BCUT2D eigenvalue weighted by molar-refractivity contribution is -0.120. The predicted molar refractivity (Wildman–Crippen MR) is 54.1 cm³/mol. The summed E-state index contributed by atoms with van der Waals surface area (Å²) in [6.45, 7) is -2.86. The molecule has 0 heterocycles. The molecule has 16 heavy (non-hydrogen) atoms. The Balaban J connectivity index is 2.81. The van der Waals surface area contributed by atoms with Gasteiger partial charge < -0.3 is 15.8 Å². The molecular formula is C10H12F2N2O2. The zero-order valence-electron chi connectivity index (χ0n) is 8.61. The average molecular weight is 230 g/mol. The molecule has 1 aromatic carbocycles. The van der Waals surface area contributed by atoms with Crippen LogP contribution in [-0.2, 0) is 4.79 Å². The number of halogens is 2. The van der Waals surface area contributed by atoms with E-state index in [9.17, 15) is 13.6 Å². The van der Waals surface area contributed by atoms with E-state index in [0.29, 0.717) is 5.56 Å². The van der Waals surface area contributed by atoms with Gasteiger partial charge in [0.2, 0.25) is 5.91 Å². The fourth-order valence-electron chi connectivity index (χ4n) is 1.31. The largest absolute Gasteiger partial charge is 0.435 e. The lowest BCUT2D eigenvalue weighted by atomic mass is 10.1. The van der Waals surface area contributed by atoms with Gasteiger partial charge in [-0.2, -0.15) is 8.78 Å². The molecule has 6 heteroatoms. The number of ether oxygens (including phenoxy) is 1. The molecule has 0 spiro atoms. The molecule has 1 unspecified atom stereocenters. The fourth-order valence-corrected chi connectivity index (χ4v) is 1.31. The SMILES string of the molecule is CNC(C(N)=O)c1ccc(OC(F)F)cc1. The number of nitrogens with two attached hydrogens (primary N) is 1. The molecule has 0 aliphatic carbocycles. The Labute approximate surface area is 91.4 Å². The maximum atomic E-state index is 11.9. The van der Waals surface area contributed by atoms with Gasteiger partial charge >= 0.3 is 6.61 Å². The van der Waals surface area contributed by atoms with E-state index in [1.54, 1.807) is 7.05 Å². The van der Waals surface area contributed by atoms with Gasteiger partial charge in [-0.3, -0.25) is 4.79 Å². The number of carbonyl (C=O) groups is 1. The Bertz CT molecular complexity index is 354. The zero-order valence-corrected chi connectivity index (χ0v) is 8.61. The lowest BCUT2D eigenvalue weighted by Gasteiger charge is -2.13. The maximum absolute atomic E-state index is 11.9. The van der Waals surface area contributed by atoms with Crippen molar-refractivity contribution >= 4 is 5.91 Å². The lowest BCUT2D eigenvalue weighted by Crippen LogP contribution is -2.31. The minimum Gasteiger partial charge on any atom is -0.435 e. The van der Waals surface area contributed by atoms with E-state index < -0.39 is 18.6 Å². The second-order valence-corrected chi connectivity index (χ2v) is 3.07. The van der Waals surface area contributed by atoms with E-state index in [0.717, 1.165) is 0 Å². The van der Waals surface area contributed by atoms with Gasteiger partial charge in [-0.25, -0.2) is 0 Å². The summed E-state index contributed by atoms with van der Waals surface area (Å²) >= 11 is 0. The first kappa shape index (κ1) is 12.4. The van der Waals surface area contributed by atoms with Gasteiger partial charge in [-0.15, -0.1) is 0 Å². The minimum atomic E-state index is -2.86. The average Bonchev–Trinajstić information content (AvgIpc) is 2.20. The van der Waals surface area contributed by atoms with Gasteiger partial charge in [-0.05, 0) is 24.7 Å². The summed E-state index contributed by atoms with van der Waals surface area (Å²) in [5.41, 5.74) is 5.74. The number of hydrogen-bond donors (Lipinski definition) is 2. The number of nitrogens with one attached hydrogen (secondary N) is 1. The summed E-state index contributed by atoms with van der Waals surface area (Å²) in [4.78, 5) is 11.0. The van der Waals surface area contributed by atoms with Crippen molar-refractivity contribution in [3.63, 3.8) is 0 Å². The molecule has 0 bridgehead atoms. The molecule has 0 fully saturated rings. The van der Waals surface area contributed by atoms with E-state index in [4.69, 9.17) is 5.73 Å². The van der Waals surface area contributed by atoms with Gasteiger partial charge in [0, 0.05) is 0 Å². The molecule has 88 valence electrons. The summed E-state index contributed by atoms with van der Waals surface area (Å²) in [6.07, 6.45) is 0. The van der Waals surface area contributed by atoms with Crippen LogP contribution in [0.25, 0.3) is 0 Å². The van der Waals surface area contributed by atoms with Gasteiger partial charge in [0.1, 0.15) is 11.8 Å². The first-order valence-corrected chi connectivity index (χ1v) is 4.56. The summed E-state index contributed by atoms with van der Waals surface area (Å²) in [5.74, 6) is -0.497. The van der Waals surface area contributed by atoms with Crippen LogP contribution in [0, 0.1) is 0 Å². The minimum absolute atomic E-state index is 0.0399. The monoisotopic (exact) mass is 230 g/mol. The van der Waals surface area contributed by atoms with Crippen LogP contribution in [0.2, 0.25) is 0 Å². The van der Waals surface area contributed by atoms with Crippen LogP contribution in [0.15, 0.2) is 24.3 Å². The number of alkyl halides is 2. The van der Waals surface area contributed by atoms with Crippen molar-refractivity contribution in [2.45, 2.75) is 12.7 Å². The molecular weight excluding hydrogens is 218 g/mol. The van der Waals surface area contributed by atoms with Crippen molar-refractivity contribution in [3.05, 3.63) is 29.8 Å². The molecule has 1 atom stereocenters. The standard InChI is InChI=1S/C10H12F2N2O2/c1-14-8(9(13)15)6-2-4-7(5-3-6)16-10(11)12/h2-5,8,10,14H,1H3,(H2,13,15). The van der Waals surface area contributed by atoms with Crippen LogP contribution in [0.4, 0.5) is 8.78 Å². The van der Waals surface area contributed by atoms with Crippen LogP contribution in [0.3, 0.4) is 0 Å². The van der Waals surface area contributed by atoms with Crippen LogP contribution in [-0.4, -0.2) is 19.6 Å². The number of hydrogen-bond acceptors (Lipinski definition) is 3. The molecule has 3 N–H and O–H groups in total. The van der Waals surface area contributed by atoms with Crippen molar-refractivity contribution in [3.8, 4) is 5.75 Å². The Morgan fingerprint density at radius 2 is 1.94 bits per heavy atom. The highest BCUT2D eigenvalue weighted by Gasteiger charge is 2.15. The van der Waals surface area contributed by atoms with Gasteiger partial charge in [0.05, 0.1) is 0 Å². The van der Waals surface area contributed by atoms with Crippen LogP contribution >= 0.6 is 0 Å². The van der Waals surface area contributed by atoms with Crippen molar-refractivity contribution in [1.29, 1.82) is 0 Å². The molecule has 0 radical (unpaired) electrons. The van der Waals surface area contributed by atoms with Gasteiger partial charge in [0.15, 0.2) is 0 Å². The predicted octanol–water partition coefficient (Wildman–Crippen LogP) is 1.03. The van der Waals surface area contributed by atoms with Crippen molar-refractivity contribution < 1.29 is 18.3 Å². The molecule has 0 aromatic heterocycles. The number of benzene rings is 1. The number of amides is 1. The molecule has 1 aromatic rings. The number of carbonyl (C=O) groups excluding carboxylic acids is 1. The maximum Gasteiger partial charge on any atom is 0.387 e. The smallest absolute Gasteiger partial charge is 0.387 e. The van der Waals surface area contributed by atoms with Crippen molar-refractivity contribution in [2.24, 2.45) is 5.73 Å². The Morgan fingerprint density at radius 1 is 1.38 bits per heavy atom. The third kappa shape index (κ3) is 3.16.